The highest BCUT2D eigenvalue weighted by Gasteiger charge is 2.22. The molecule has 1 heterocycles. The van der Waals surface area contributed by atoms with Crippen LogP contribution in [0.3, 0.4) is 0 Å². The molecule has 0 aromatic heterocycles. The molecule has 0 spiro atoms. The summed E-state index contributed by atoms with van der Waals surface area (Å²) >= 11 is 0. The van der Waals surface area contributed by atoms with Gasteiger partial charge in [-0.05, 0) is 37.8 Å². The average molecular weight is 409 g/mol. The number of fused-ring (bicyclic) bond motifs is 1. The van der Waals surface area contributed by atoms with Crippen molar-refractivity contribution in [2.75, 3.05) is 25.1 Å². The Balaban J connectivity index is 1.75. The number of carbonyl (C=O) groups is 1. The molecule has 1 aromatic rings. The zero-order chi connectivity index (χ0) is 20.6. The Labute approximate surface area is 168 Å². The van der Waals surface area contributed by atoms with Crippen LogP contribution in [-0.2, 0) is 27.7 Å². The fourth-order valence-corrected chi connectivity index (χ4v) is 3.89. The fraction of sp³-hybridized carbons (Fsp3) is 0.600. The van der Waals surface area contributed by atoms with Crippen LogP contribution in [-0.4, -0.2) is 56.3 Å². The Bertz CT molecular complexity index is 767. The second kappa shape index (κ2) is 10.5. The van der Waals surface area contributed by atoms with Gasteiger partial charge in [-0.2, -0.15) is 0 Å². The quantitative estimate of drug-likeness (QED) is 0.369. The molecule has 1 unspecified atom stereocenters. The molecule has 0 saturated heterocycles. The Morgan fingerprint density at radius 1 is 1.25 bits per heavy atom. The van der Waals surface area contributed by atoms with Gasteiger partial charge in [0.25, 0.3) is 0 Å². The summed E-state index contributed by atoms with van der Waals surface area (Å²) in [5.74, 6) is 0.961. The summed E-state index contributed by atoms with van der Waals surface area (Å²) in [7, 11) is -2.97. The summed E-state index contributed by atoms with van der Waals surface area (Å²) in [5, 5.41) is 6.38. The number of hydrogen-bond acceptors (Lipinski definition) is 4. The lowest BCUT2D eigenvalue weighted by molar-refractivity contribution is -0.131. The SMILES string of the molecule is CCNC(=NCCCC(=O)N1Cc2ccccc2C1)NC(C)CCS(C)(=O)=O. The molecule has 0 aliphatic carbocycles. The van der Waals surface area contributed by atoms with Crippen molar-refractivity contribution in [2.45, 2.75) is 52.2 Å². The van der Waals surface area contributed by atoms with E-state index in [0.29, 0.717) is 44.9 Å². The smallest absolute Gasteiger partial charge is 0.223 e. The number of amides is 1. The maximum absolute atomic E-state index is 12.4. The molecule has 0 saturated carbocycles. The Morgan fingerprint density at radius 2 is 1.89 bits per heavy atom. The van der Waals surface area contributed by atoms with Crippen molar-refractivity contribution in [2.24, 2.45) is 4.99 Å². The first-order valence-electron chi connectivity index (χ1n) is 9.85. The molecule has 1 atom stereocenters. The van der Waals surface area contributed by atoms with E-state index in [9.17, 15) is 13.2 Å². The molecule has 28 heavy (non-hydrogen) atoms. The van der Waals surface area contributed by atoms with Crippen LogP contribution in [0, 0.1) is 0 Å². The van der Waals surface area contributed by atoms with Gasteiger partial charge < -0.3 is 15.5 Å². The molecular weight excluding hydrogens is 376 g/mol. The molecule has 0 bridgehead atoms. The first-order chi connectivity index (χ1) is 13.3. The van der Waals surface area contributed by atoms with Gasteiger partial charge in [-0.1, -0.05) is 24.3 Å². The molecule has 1 aliphatic heterocycles. The minimum absolute atomic E-state index is 0.00254. The number of sulfone groups is 1. The third-order valence-electron chi connectivity index (χ3n) is 4.66. The van der Waals surface area contributed by atoms with Crippen molar-refractivity contribution in [3.63, 3.8) is 0 Å². The van der Waals surface area contributed by atoms with E-state index in [1.54, 1.807) is 0 Å². The van der Waals surface area contributed by atoms with Crippen LogP contribution in [0.1, 0.15) is 44.2 Å². The number of hydrogen-bond donors (Lipinski definition) is 2. The lowest BCUT2D eigenvalue weighted by Gasteiger charge is -2.18. The summed E-state index contributed by atoms with van der Waals surface area (Å²) in [6.45, 7) is 6.57. The number of aliphatic imine (C=N–C) groups is 1. The average Bonchev–Trinajstić information content (AvgIpc) is 3.07. The number of nitrogens with one attached hydrogen (secondary N) is 2. The van der Waals surface area contributed by atoms with Crippen LogP contribution >= 0.6 is 0 Å². The predicted octanol–water partition coefficient (Wildman–Crippen LogP) is 1.69. The molecule has 2 N–H and O–H groups in total. The predicted molar refractivity (Wildman–Crippen MR) is 113 cm³/mol. The summed E-state index contributed by atoms with van der Waals surface area (Å²) in [5.41, 5.74) is 2.46. The zero-order valence-electron chi connectivity index (χ0n) is 17.1. The highest BCUT2D eigenvalue weighted by molar-refractivity contribution is 7.90. The molecule has 1 amide bonds. The Hall–Kier alpha value is -2.09. The third kappa shape index (κ3) is 7.50. The lowest BCUT2D eigenvalue weighted by Crippen LogP contribution is -2.43. The fourth-order valence-electron chi connectivity index (χ4n) is 3.11. The van der Waals surface area contributed by atoms with Crippen LogP contribution in [0.5, 0.6) is 0 Å². The standard InChI is InChI=1S/C20H32N4O3S/c1-4-21-20(23-16(2)11-13-28(3,26)27)22-12-7-10-19(25)24-14-17-8-5-6-9-18(17)15-24/h5-6,8-9,16H,4,7,10-15H2,1-3H3,(H2,21,22,23). The van der Waals surface area contributed by atoms with Crippen LogP contribution in [0.25, 0.3) is 0 Å². The van der Waals surface area contributed by atoms with E-state index in [4.69, 9.17) is 0 Å². The van der Waals surface area contributed by atoms with E-state index in [2.05, 4.69) is 27.8 Å². The molecule has 0 radical (unpaired) electrons. The van der Waals surface area contributed by atoms with Crippen molar-refractivity contribution in [1.82, 2.24) is 15.5 Å². The first kappa shape index (κ1) is 22.2. The van der Waals surface area contributed by atoms with Gasteiger partial charge in [-0.25, -0.2) is 8.42 Å². The minimum Gasteiger partial charge on any atom is -0.357 e. The largest absolute Gasteiger partial charge is 0.357 e. The molecule has 7 nitrogen and oxygen atoms in total. The van der Waals surface area contributed by atoms with Gasteiger partial charge in [0.05, 0.1) is 5.75 Å². The van der Waals surface area contributed by atoms with Gasteiger partial charge in [0.2, 0.25) is 5.91 Å². The third-order valence-corrected chi connectivity index (χ3v) is 5.64. The molecule has 1 aliphatic rings. The molecule has 2 rings (SSSR count). The highest BCUT2D eigenvalue weighted by atomic mass is 32.2. The summed E-state index contributed by atoms with van der Waals surface area (Å²) < 4.78 is 22.6. The maximum Gasteiger partial charge on any atom is 0.223 e. The summed E-state index contributed by atoms with van der Waals surface area (Å²) in [6.07, 6.45) is 2.92. The normalized spacial score (nSPS) is 15.2. The van der Waals surface area contributed by atoms with E-state index in [1.165, 1.54) is 17.4 Å². The summed E-state index contributed by atoms with van der Waals surface area (Å²) in [6, 6.07) is 8.16. The van der Waals surface area contributed by atoms with Crippen molar-refractivity contribution in [3.05, 3.63) is 35.4 Å². The second-order valence-electron chi connectivity index (χ2n) is 7.35. The first-order valence-corrected chi connectivity index (χ1v) is 11.9. The Kier molecular flexibility index (Phi) is 8.29. The van der Waals surface area contributed by atoms with Gasteiger partial charge in [0.1, 0.15) is 9.84 Å². The molecule has 8 heteroatoms. The van der Waals surface area contributed by atoms with Crippen molar-refractivity contribution < 1.29 is 13.2 Å². The number of carbonyl (C=O) groups excluding carboxylic acids is 1. The number of rotatable bonds is 9. The molecule has 1 aromatic carbocycles. The number of nitrogens with zero attached hydrogens (tertiary/aromatic N) is 2. The van der Waals surface area contributed by atoms with E-state index in [1.807, 2.05) is 30.9 Å². The highest BCUT2D eigenvalue weighted by Crippen LogP contribution is 2.22. The van der Waals surface area contributed by atoms with E-state index in [0.717, 1.165) is 6.54 Å². The zero-order valence-corrected chi connectivity index (χ0v) is 17.9. The van der Waals surface area contributed by atoms with Crippen LogP contribution in [0.4, 0.5) is 0 Å². The van der Waals surface area contributed by atoms with E-state index in [-0.39, 0.29) is 17.7 Å². The number of guanidine groups is 1. The van der Waals surface area contributed by atoms with Gasteiger partial charge >= 0.3 is 0 Å². The maximum atomic E-state index is 12.4. The van der Waals surface area contributed by atoms with Gasteiger partial charge in [-0.15, -0.1) is 0 Å². The Morgan fingerprint density at radius 3 is 2.46 bits per heavy atom. The van der Waals surface area contributed by atoms with Gasteiger partial charge in [0.15, 0.2) is 5.96 Å². The van der Waals surface area contributed by atoms with Crippen LogP contribution < -0.4 is 10.6 Å². The lowest BCUT2D eigenvalue weighted by atomic mass is 10.1. The van der Waals surface area contributed by atoms with E-state index >= 15 is 0 Å². The number of benzene rings is 1. The van der Waals surface area contributed by atoms with Crippen molar-refractivity contribution in [3.8, 4) is 0 Å². The molecular formula is C20H32N4O3S. The van der Waals surface area contributed by atoms with Crippen LogP contribution in [0.2, 0.25) is 0 Å². The van der Waals surface area contributed by atoms with Crippen molar-refractivity contribution >= 4 is 21.7 Å². The topological polar surface area (TPSA) is 90.9 Å². The monoisotopic (exact) mass is 408 g/mol. The molecule has 0 fully saturated rings. The van der Waals surface area contributed by atoms with E-state index < -0.39 is 9.84 Å². The molecule has 156 valence electrons. The minimum atomic E-state index is -2.97. The van der Waals surface area contributed by atoms with Crippen LogP contribution in [0.15, 0.2) is 29.3 Å². The van der Waals surface area contributed by atoms with Gasteiger partial charge in [-0.3, -0.25) is 9.79 Å². The summed E-state index contributed by atoms with van der Waals surface area (Å²) in [4.78, 5) is 18.8. The van der Waals surface area contributed by atoms with Crippen molar-refractivity contribution in [1.29, 1.82) is 0 Å². The van der Waals surface area contributed by atoms with Gasteiger partial charge in [0, 0.05) is 44.9 Å². The second-order valence-corrected chi connectivity index (χ2v) is 9.61.